The highest BCUT2D eigenvalue weighted by molar-refractivity contribution is 4.55. The van der Waals surface area contributed by atoms with E-state index in [4.69, 9.17) is 5.11 Å². The lowest BCUT2D eigenvalue weighted by molar-refractivity contribution is 0.122. The molecule has 0 aromatic heterocycles. The monoisotopic (exact) mass is 342 g/mol. The molecule has 0 saturated carbocycles. The van der Waals surface area contributed by atoms with E-state index in [1.807, 2.05) is 0 Å². The summed E-state index contributed by atoms with van der Waals surface area (Å²) >= 11 is 0. The van der Waals surface area contributed by atoms with Gasteiger partial charge in [-0.1, -0.05) is 116 Å². The minimum atomic E-state index is -0.286. The van der Waals surface area contributed by atoms with Crippen LogP contribution in [0.15, 0.2) is 0 Å². The van der Waals surface area contributed by atoms with Gasteiger partial charge in [0.1, 0.15) is 0 Å². The van der Waals surface area contributed by atoms with E-state index in [0.29, 0.717) is 6.42 Å². The van der Waals surface area contributed by atoms with E-state index in [1.54, 1.807) is 0 Å². The van der Waals surface area contributed by atoms with Crippen LogP contribution in [0.4, 0.5) is 0 Å². The highest BCUT2D eigenvalue weighted by Crippen LogP contribution is 2.14. The highest BCUT2D eigenvalue weighted by Gasteiger charge is 2.02. The molecule has 1 atom stereocenters. The van der Waals surface area contributed by atoms with Crippen molar-refractivity contribution in [1.29, 1.82) is 0 Å². The molecule has 2 heteroatoms. The topological polar surface area (TPSA) is 40.5 Å². The summed E-state index contributed by atoms with van der Waals surface area (Å²) < 4.78 is 0. The summed E-state index contributed by atoms with van der Waals surface area (Å²) in [5.74, 6) is 0. The van der Waals surface area contributed by atoms with Crippen molar-refractivity contribution in [2.75, 3.05) is 6.61 Å². The molecule has 0 rings (SSSR count). The Morgan fingerprint density at radius 3 is 1.17 bits per heavy atom. The summed E-state index contributed by atoms with van der Waals surface area (Å²) in [7, 11) is 0. The van der Waals surface area contributed by atoms with Gasteiger partial charge in [-0.25, -0.2) is 0 Å². The van der Waals surface area contributed by atoms with Crippen molar-refractivity contribution < 1.29 is 10.2 Å². The average Bonchev–Trinajstić information content (AvgIpc) is 2.58. The van der Waals surface area contributed by atoms with Crippen LogP contribution in [0.2, 0.25) is 0 Å². The fourth-order valence-electron chi connectivity index (χ4n) is 3.40. The molecule has 0 aromatic carbocycles. The molecule has 0 aliphatic carbocycles. The third-order valence-electron chi connectivity index (χ3n) is 5.10. The molecule has 0 aliphatic heterocycles. The van der Waals surface area contributed by atoms with Crippen molar-refractivity contribution in [2.45, 2.75) is 135 Å². The van der Waals surface area contributed by atoms with Crippen LogP contribution in [0.3, 0.4) is 0 Å². The Balaban J connectivity index is 3.00. The van der Waals surface area contributed by atoms with Gasteiger partial charge >= 0.3 is 0 Å². The van der Waals surface area contributed by atoms with Crippen molar-refractivity contribution in [3.05, 3.63) is 0 Å². The van der Waals surface area contributed by atoms with Crippen LogP contribution < -0.4 is 0 Å². The molecule has 0 spiro atoms. The Morgan fingerprint density at radius 1 is 0.500 bits per heavy atom. The lowest BCUT2D eigenvalue weighted by Crippen LogP contribution is -2.08. The van der Waals surface area contributed by atoms with Crippen LogP contribution >= 0.6 is 0 Å². The summed E-state index contributed by atoms with van der Waals surface area (Å²) in [5.41, 5.74) is 0. The Bertz CT molecular complexity index is 218. The summed E-state index contributed by atoms with van der Waals surface area (Å²) in [5, 5.41) is 18.2. The van der Waals surface area contributed by atoms with Crippen molar-refractivity contribution in [1.82, 2.24) is 0 Å². The van der Waals surface area contributed by atoms with Gasteiger partial charge in [0.2, 0.25) is 0 Å². The second kappa shape index (κ2) is 21.0. The van der Waals surface area contributed by atoms with E-state index in [0.717, 1.165) is 12.8 Å². The number of unbranched alkanes of at least 4 members (excludes halogenated alkanes) is 16. The van der Waals surface area contributed by atoms with Crippen molar-refractivity contribution in [2.24, 2.45) is 0 Å². The van der Waals surface area contributed by atoms with Gasteiger partial charge in [0.15, 0.2) is 0 Å². The van der Waals surface area contributed by atoms with Gasteiger partial charge in [0, 0.05) is 6.61 Å². The molecule has 0 heterocycles. The Kier molecular flexibility index (Phi) is 20.9. The fraction of sp³-hybridized carbons (Fsp3) is 1.00. The third kappa shape index (κ3) is 20.0. The van der Waals surface area contributed by atoms with Gasteiger partial charge < -0.3 is 10.2 Å². The van der Waals surface area contributed by atoms with Crippen LogP contribution in [0.25, 0.3) is 0 Å². The maximum atomic E-state index is 9.51. The maximum Gasteiger partial charge on any atom is 0.0562 e. The molecular formula is C22H46O2. The normalized spacial score (nSPS) is 12.6. The minimum absolute atomic E-state index is 0.111. The first-order valence-corrected chi connectivity index (χ1v) is 11.1. The highest BCUT2D eigenvalue weighted by atomic mass is 16.3. The predicted octanol–water partition coefficient (Wildman–Crippen LogP) is 6.77. The lowest BCUT2D eigenvalue weighted by Gasteiger charge is -2.08. The van der Waals surface area contributed by atoms with Gasteiger partial charge in [0.25, 0.3) is 0 Å². The molecule has 0 unspecified atom stereocenters. The molecule has 0 amide bonds. The number of rotatable bonds is 20. The first kappa shape index (κ1) is 23.9. The average molecular weight is 343 g/mol. The molecule has 0 bridgehead atoms. The summed E-state index contributed by atoms with van der Waals surface area (Å²) in [4.78, 5) is 0. The van der Waals surface area contributed by atoms with E-state index in [9.17, 15) is 5.11 Å². The zero-order chi connectivity index (χ0) is 17.7. The van der Waals surface area contributed by atoms with E-state index in [2.05, 4.69) is 6.92 Å². The van der Waals surface area contributed by atoms with Crippen LogP contribution in [0, 0.1) is 0 Å². The third-order valence-corrected chi connectivity index (χ3v) is 5.10. The van der Waals surface area contributed by atoms with Crippen molar-refractivity contribution in [3.63, 3.8) is 0 Å². The van der Waals surface area contributed by atoms with Crippen molar-refractivity contribution >= 4 is 0 Å². The van der Waals surface area contributed by atoms with Crippen molar-refractivity contribution in [3.8, 4) is 0 Å². The van der Waals surface area contributed by atoms with Crippen LogP contribution in [-0.4, -0.2) is 22.9 Å². The molecule has 0 radical (unpaired) electrons. The van der Waals surface area contributed by atoms with E-state index >= 15 is 0 Å². The molecule has 0 fully saturated rings. The second-order valence-electron chi connectivity index (χ2n) is 7.61. The van der Waals surface area contributed by atoms with Gasteiger partial charge in [-0.2, -0.15) is 0 Å². The minimum Gasteiger partial charge on any atom is -0.396 e. The lowest BCUT2D eigenvalue weighted by atomic mass is 10.0. The molecule has 0 aromatic rings. The largest absolute Gasteiger partial charge is 0.396 e. The predicted molar refractivity (Wildman–Crippen MR) is 106 cm³/mol. The number of hydrogen-bond acceptors (Lipinski definition) is 2. The Morgan fingerprint density at radius 2 is 0.833 bits per heavy atom. The van der Waals surface area contributed by atoms with E-state index in [-0.39, 0.29) is 12.7 Å². The van der Waals surface area contributed by atoms with E-state index in [1.165, 1.54) is 103 Å². The number of hydrogen-bond donors (Lipinski definition) is 2. The van der Waals surface area contributed by atoms with Crippen LogP contribution in [0.1, 0.15) is 129 Å². The summed E-state index contributed by atoms with van der Waals surface area (Å²) in [6.45, 7) is 2.40. The maximum absolute atomic E-state index is 9.51. The molecule has 24 heavy (non-hydrogen) atoms. The van der Waals surface area contributed by atoms with E-state index < -0.39 is 0 Å². The van der Waals surface area contributed by atoms with Gasteiger partial charge in [-0.15, -0.1) is 0 Å². The summed E-state index contributed by atoms with van der Waals surface area (Å²) in [6.07, 6.45) is 24.7. The zero-order valence-corrected chi connectivity index (χ0v) is 16.6. The Labute approximate surface area is 152 Å². The van der Waals surface area contributed by atoms with Gasteiger partial charge in [-0.05, 0) is 12.8 Å². The smallest absolute Gasteiger partial charge is 0.0562 e. The molecular weight excluding hydrogens is 296 g/mol. The molecule has 146 valence electrons. The number of aliphatic hydroxyl groups is 2. The quantitative estimate of drug-likeness (QED) is 0.240. The molecule has 2 nitrogen and oxygen atoms in total. The van der Waals surface area contributed by atoms with Gasteiger partial charge in [-0.3, -0.25) is 0 Å². The van der Waals surface area contributed by atoms with Crippen LogP contribution in [-0.2, 0) is 0 Å². The fourth-order valence-corrected chi connectivity index (χ4v) is 3.40. The zero-order valence-electron chi connectivity index (χ0n) is 16.6. The van der Waals surface area contributed by atoms with Crippen LogP contribution in [0.5, 0.6) is 0 Å². The molecule has 0 aliphatic rings. The first-order chi connectivity index (χ1) is 11.8. The second-order valence-corrected chi connectivity index (χ2v) is 7.61. The van der Waals surface area contributed by atoms with Gasteiger partial charge in [0.05, 0.1) is 6.10 Å². The Hall–Kier alpha value is -0.0800. The SMILES string of the molecule is CCCCCCCCCCCCCCCCCCC[C@@H](O)CCO. The summed E-state index contributed by atoms with van der Waals surface area (Å²) in [6, 6.07) is 0. The first-order valence-electron chi connectivity index (χ1n) is 11.1. The molecule has 2 N–H and O–H groups in total. The standard InChI is InChI=1S/C22H46O2/c1-2-3-4-5-6-7-8-9-10-11-12-13-14-15-16-17-18-19-22(24)20-21-23/h22-24H,2-21H2,1H3/t22-/m1/s1. The number of aliphatic hydroxyl groups excluding tert-OH is 2. The molecule has 0 saturated heterocycles.